The molecular formula is C14H13FN2OS. The third-order valence-electron chi connectivity index (χ3n) is 3.37. The number of nitrogens with zero attached hydrogens (tertiary/aromatic N) is 2. The summed E-state index contributed by atoms with van der Waals surface area (Å²) in [6.07, 6.45) is 3.25. The molecule has 0 bridgehead atoms. The lowest BCUT2D eigenvalue weighted by Gasteiger charge is -2.23. The molecule has 3 nitrogen and oxygen atoms in total. The second-order valence-corrected chi connectivity index (χ2v) is 5.49. The van der Waals surface area contributed by atoms with Crippen LogP contribution in [0.3, 0.4) is 0 Å². The van der Waals surface area contributed by atoms with E-state index in [0.717, 1.165) is 17.7 Å². The minimum absolute atomic E-state index is 0.0611. The first-order chi connectivity index (χ1) is 9.27. The molecule has 1 atom stereocenters. The van der Waals surface area contributed by atoms with Crippen molar-refractivity contribution in [3.05, 3.63) is 52.2 Å². The summed E-state index contributed by atoms with van der Waals surface area (Å²) in [5.41, 5.74) is 0.0611. The van der Waals surface area contributed by atoms with Crippen LogP contribution in [0.15, 0.2) is 35.8 Å². The van der Waals surface area contributed by atoms with Crippen molar-refractivity contribution in [3.63, 3.8) is 0 Å². The zero-order valence-corrected chi connectivity index (χ0v) is 11.1. The Hall–Kier alpha value is -1.75. The van der Waals surface area contributed by atoms with Gasteiger partial charge in [0.25, 0.3) is 5.91 Å². The molecule has 1 aliphatic rings. The van der Waals surface area contributed by atoms with Gasteiger partial charge in [0.05, 0.1) is 11.6 Å². The van der Waals surface area contributed by atoms with E-state index in [1.807, 2.05) is 17.5 Å². The first kappa shape index (κ1) is 12.3. The molecular weight excluding hydrogens is 263 g/mol. The standard InChI is InChI=1S/C14H13FN2OS/c15-13-10(4-1-7-16-13)14(18)17-8-2-5-11(17)12-6-3-9-19-12/h1,3-4,6-7,9,11H,2,5,8H2. The summed E-state index contributed by atoms with van der Waals surface area (Å²) in [6.45, 7) is 0.676. The van der Waals surface area contributed by atoms with E-state index in [2.05, 4.69) is 4.98 Å². The first-order valence-corrected chi connectivity index (χ1v) is 7.10. The molecule has 0 aliphatic carbocycles. The largest absolute Gasteiger partial charge is 0.331 e. The molecule has 1 aliphatic heterocycles. The van der Waals surface area contributed by atoms with E-state index in [0.29, 0.717) is 6.54 Å². The molecule has 2 aromatic heterocycles. The highest BCUT2D eigenvalue weighted by Crippen LogP contribution is 2.35. The molecule has 1 fully saturated rings. The predicted molar refractivity (Wildman–Crippen MR) is 71.5 cm³/mol. The number of amides is 1. The van der Waals surface area contributed by atoms with Crippen LogP contribution in [-0.2, 0) is 0 Å². The molecule has 0 radical (unpaired) electrons. The number of halogens is 1. The number of rotatable bonds is 2. The molecule has 2 aromatic rings. The normalized spacial score (nSPS) is 18.8. The van der Waals surface area contributed by atoms with Gasteiger partial charge in [0.2, 0.25) is 5.95 Å². The van der Waals surface area contributed by atoms with Crippen molar-refractivity contribution in [1.82, 2.24) is 9.88 Å². The number of hydrogen-bond acceptors (Lipinski definition) is 3. The summed E-state index contributed by atoms with van der Waals surface area (Å²) in [5, 5.41) is 2.00. The molecule has 0 saturated carbocycles. The Kier molecular flexibility index (Phi) is 3.29. The van der Waals surface area contributed by atoms with Crippen LogP contribution in [0.4, 0.5) is 4.39 Å². The first-order valence-electron chi connectivity index (χ1n) is 6.22. The second-order valence-electron chi connectivity index (χ2n) is 4.51. The van der Waals surface area contributed by atoms with Crippen molar-refractivity contribution in [1.29, 1.82) is 0 Å². The highest BCUT2D eigenvalue weighted by molar-refractivity contribution is 7.10. The van der Waals surface area contributed by atoms with Gasteiger partial charge >= 0.3 is 0 Å². The molecule has 3 heterocycles. The SMILES string of the molecule is O=C(c1cccnc1F)N1CCCC1c1cccs1. The van der Waals surface area contributed by atoms with E-state index in [4.69, 9.17) is 0 Å². The van der Waals surface area contributed by atoms with E-state index < -0.39 is 5.95 Å². The molecule has 1 unspecified atom stereocenters. The van der Waals surface area contributed by atoms with Gasteiger partial charge in [0, 0.05) is 17.6 Å². The van der Waals surface area contributed by atoms with Gasteiger partial charge in [0.1, 0.15) is 0 Å². The number of aromatic nitrogens is 1. The lowest BCUT2D eigenvalue weighted by molar-refractivity contribution is 0.0732. The van der Waals surface area contributed by atoms with Gasteiger partial charge in [-0.15, -0.1) is 11.3 Å². The third-order valence-corrected chi connectivity index (χ3v) is 4.35. The summed E-state index contributed by atoms with van der Waals surface area (Å²) in [5.74, 6) is -0.953. The molecule has 98 valence electrons. The minimum atomic E-state index is -0.690. The van der Waals surface area contributed by atoms with Crippen LogP contribution >= 0.6 is 11.3 Å². The Morgan fingerprint density at radius 2 is 2.32 bits per heavy atom. The molecule has 0 aromatic carbocycles. The molecule has 19 heavy (non-hydrogen) atoms. The number of carbonyl (C=O) groups excluding carboxylic acids is 1. The number of hydrogen-bond donors (Lipinski definition) is 0. The summed E-state index contributed by atoms with van der Waals surface area (Å²) in [4.78, 5) is 18.9. The van der Waals surface area contributed by atoms with Crippen LogP contribution in [0.25, 0.3) is 0 Å². The zero-order chi connectivity index (χ0) is 13.2. The van der Waals surface area contributed by atoms with Crippen molar-refractivity contribution in [2.75, 3.05) is 6.54 Å². The maximum atomic E-state index is 13.6. The van der Waals surface area contributed by atoms with Gasteiger partial charge < -0.3 is 4.90 Å². The van der Waals surface area contributed by atoms with E-state index in [1.54, 1.807) is 22.3 Å². The molecule has 1 amide bonds. The van der Waals surface area contributed by atoms with Crippen molar-refractivity contribution >= 4 is 17.2 Å². The fourth-order valence-corrected chi connectivity index (χ4v) is 3.36. The number of pyridine rings is 1. The minimum Gasteiger partial charge on any atom is -0.331 e. The Bertz CT molecular complexity index is 585. The Morgan fingerprint density at radius 1 is 1.42 bits per heavy atom. The maximum Gasteiger partial charge on any atom is 0.259 e. The van der Waals surface area contributed by atoms with Gasteiger partial charge in [-0.2, -0.15) is 4.39 Å². The highest BCUT2D eigenvalue weighted by Gasteiger charge is 2.32. The smallest absolute Gasteiger partial charge is 0.259 e. The van der Waals surface area contributed by atoms with Gasteiger partial charge in [0.15, 0.2) is 0 Å². The van der Waals surface area contributed by atoms with Crippen molar-refractivity contribution in [2.24, 2.45) is 0 Å². The second kappa shape index (κ2) is 5.09. The Morgan fingerprint density at radius 3 is 3.05 bits per heavy atom. The quantitative estimate of drug-likeness (QED) is 0.789. The summed E-state index contributed by atoms with van der Waals surface area (Å²) in [7, 11) is 0. The van der Waals surface area contributed by atoms with Gasteiger partial charge in [-0.05, 0) is 36.4 Å². The predicted octanol–water partition coefficient (Wildman–Crippen LogP) is 3.26. The average Bonchev–Trinajstić information content (AvgIpc) is 3.09. The van der Waals surface area contributed by atoms with E-state index in [9.17, 15) is 9.18 Å². The van der Waals surface area contributed by atoms with E-state index in [-0.39, 0.29) is 17.5 Å². The molecule has 5 heteroatoms. The molecule has 3 rings (SSSR count). The van der Waals surface area contributed by atoms with Crippen molar-refractivity contribution in [3.8, 4) is 0 Å². The van der Waals surface area contributed by atoms with Crippen molar-refractivity contribution < 1.29 is 9.18 Å². The highest BCUT2D eigenvalue weighted by atomic mass is 32.1. The van der Waals surface area contributed by atoms with Gasteiger partial charge in [-0.3, -0.25) is 4.79 Å². The topological polar surface area (TPSA) is 33.2 Å². The van der Waals surface area contributed by atoms with E-state index >= 15 is 0 Å². The third kappa shape index (κ3) is 2.26. The molecule has 0 N–H and O–H groups in total. The average molecular weight is 276 g/mol. The summed E-state index contributed by atoms with van der Waals surface area (Å²) in [6, 6.07) is 7.17. The van der Waals surface area contributed by atoms with Crippen molar-refractivity contribution in [2.45, 2.75) is 18.9 Å². The number of carbonyl (C=O) groups is 1. The van der Waals surface area contributed by atoms with Crippen LogP contribution in [0.5, 0.6) is 0 Å². The van der Waals surface area contributed by atoms with Gasteiger partial charge in [-0.25, -0.2) is 4.98 Å². The molecule has 1 saturated heterocycles. The lowest BCUT2D eigenvalue weighted by Crippen LogP contribution is -2.31. The monoisotopic (exact) mass is 276 g/mol. The Labute approximate surface area is 114 Å². The molecule has 0 spiro atoms. The maximum absolute atomic E-state index is 13.6. The fourth-order valence-electron chi connectivity index (χ4n) is 2.49. The summed E-state index contributed by atoms with van der Waals surface area (Å²) >= 11 is 1.64. The van der Waals surface area contributed by atoms with Crippen LogP contribution in [0, 0.1) is 5.95 Å². The number of likely N-dealkylation sites (tertiary alicyclic amines) is 1. The van der Waals surface area contributed by atoms with Crippen LogP contribution in [0.1, 0.15) is 34.1 Å². The Balaban J connectivity index is 1.89. The van der Waals surface area contributed by atoms with Gasteiger partial charge in [-0.1, -0.05) is 6.07 Å². The van der Waals surface area contributed by atoms with E-state index in [1.165, 1.54) is 12.3 Å². The summed E-state index contributed by atoms with van der Waals surface area (Å²) < 4.78 is 13.6. The van der Waals surface area contributed by atoms with Crippen LogP contribution in [0.2, 0.25) is 0 Å². The lowest BCUT2D eigenvalue weighted by atomic mass is 10.1. The van der Waals surface area contributed by atoms with Crippen LogP contribution < -0.4 is 0 Å². The van der Waals surface area contributed by atoms with Crippen LogP contribution in [-0.4, -0.2) is 22.3 Å². The number of thiophene rings is 1. The zero-order valence-electron chi connectivity index (χ0n) is 10.3. The fraction of sp³-hybridized carbons (Fsp3) is 0.286.